The maximum Gasteiger partial charge on any atom is 0.242 e. The number of anilines is 4. The maximum atomic E-state index is 8.51. The molecular weight excluding hydrogens is 488 g/mol. The SMILES string of the molecule is N=CN1CC23c4c1cccc4N1c4ccccc4Cc4cc5c(c2c41)C1c2c(cccc2Cc2ccc[n+]3c21)C5. The number of hydrogen-bond acceptors (Lipinski definition) is 2. The Kier molecular flexibility index (Phi) is 3.22. The zero-order chi connectivity index (χ0) is 25.9. The van der Waals surface area contributed by atoms with Crippen molar-refractivity contribution in [2.24, 2.45) is 0 Å². The molecule has 6 aliphatic rings. The van der Waals surface area contributed by atoms with Gasteiger partial charge in [0.15, 0.2) is 11.9 Å². The minimum Gasteiger partial charge on any atom is -0.325 e. The Labute approximate surface area is 232 Å². The quantitative estimate of drug-likeness (QED) is 0.162. The van der Waals surface area contributed by atoms with Gasteiger partial charge in [0.05, 0.1) is 47.0 Å². The van der Waals surface area contributed by atoms with Gasteiger partial charge in [-0.25, -0.2) is 0 Å². The number of hydrogen-bond donors (Lipinski definition) is 1. The van der Waals surface area contributed by atoms with Gasteiger partial charge in [0.1, 0.15) is 0 Å². The number of pyridine rings is 1. The summed E-state index contributed by atoms with van der Waals surface area (Å²) in [4.78, 5) is 4.76. The summed E-state index contributed by atoms with van der Waals surface area (Å²) in [5.41, 5.74) is 20.9. The van der Waals surface area contributed by atoms with Gasteiger partial charge >= 0.3 is 0 Å². The molecule has 0 amide bonds. The Morgan fingerprint density at radius 3 is 2.33 bits per heavy atom. The summed E-state index contributed by atoms with van der Waals surface area (Å²) in [7, 11) is 0. The van der Waals surface area contributed by atoms with E-state index in [0.29, 0.717) is 0 Å². The topological polar surface area (TPSA) is 34.2 Å². The fourth-order valence-electron chi connectivity index (χ4n) is 9.51. The van der Waals surface area contributed by atoms with Crippen LogP contribution in [0.5, 0.6) is 0 Å². The molecule has 1 N–H and O–H groups in total. The molecule has 40 heavy (non-hydrogen) atoms. The predicted molar refractivity (Wildman–Crippen MR) is 156 cm³/mol. The number of aromatic nitrogens is 1. The van der Waals surface area contributed by atoms with Crippen molar-refractivity contribution in [2.75, 3.05) is 16.3 Å². The molecule has 5 aromatic rings. The number of benzene rings is 4. The second kappa shape index (κ2) is 6.37. The van der Waals surface area contributed by atoms with E-state index in [2.05, 4.69) is 99.4 Å². The average molecular weight is 514 g/mol. The monoisotopic (exact) mass is 513 g/mol. The predicted octanol–water partition coefficient (Wildman–Crippen LogP) is 6.18. The summed E-state index contributed by atoms with van der Waals surface area (Å²) in [6.07, 6.45) is 6.84. The first-order valence-electron chi connectivity index (χ1n) is 14.4. The molecule has 2 aliphatic carbocycles. The summed E-state index contributed by atoms with van der Waals surface area (Å²) in [5.74, 6) is 0.257. The molecule has 188 valence electrons. The van der Waals surface area contributed by atoms with Crippen molar-refractivity contribution in [3.8, 4) is 0 Å². The lowest BCUT2D eigenvalue weighted by molar-refractivity contribution is -0.750. The lowest BCUT2D eigenvalue weighted by Crippen LogP contribution is -2.67. The van der Waals surface area contributed by atoms with Crippen molar-refractivity contribution < 1.29 is 4.57 Å². The fourth-order valence-corrected chi connectivity index (χ4v) is 9.51. The molecule has 4 aliphatic heterocycles. The van der Waals surface area contributed by atoms with E-state index in [9.17, 15) is 0 Å². The Morgan fingerprint density at radius 1 is 0.700 bits per heavy atom. The highest BCUT2D eigenvalue weighted by Gasteiger charge is 2.65. The number of nitrogens with zero attached hydrogens (tertiary/aromatic N) is 3. The number of rotatable bonds is 1. The van der Waals surface area contributed by atoms with Crippen LogP contribution in [0.15, 0.2) is 85.1 Å². The van der Waals surface area contributed by atoms with Crippen LogP contribution in [0.25, 0.3) is 0 Å². The van der Waals surface area contributed by atoms with Gasteiger partial charge in [-0.3, -0.25) is 5.41 Å². The van der Waals surface area contributed by atoms with Crippen LogP contribution < -0.4 is 14.4 Å². The third-order valence-corrected chi connectivity index (χ3v) is 10.7. The summed E-state index contributed by atoms with van der Waals surface area (Å²) >= 11 is 0. The average Bonchev–Trinajstić information content (AvgIpc) is 3.33. The molecule has 0 saturated heterocycles. The molecule has 2 unspecified atom stereocenters. The van der Waals surface area contributed by atoms with Gasteiger partial charge in [0.25, 0.3) is 0 Å². The Morgan fingerprint density at radius 2 is 1.43 bits per heavy atom. The first kappa shape index (κ1) is 20.2. The highest BCUT2D eigenvalue weighted by atomic mass is 15.3. The third kappa shape index (κ3) is 1.96. The normalized spacial score (nSPS) is 21.9. The van der Waals surface area contributed by atoms with Crippen LogP contribution in [0.1, 0.15) is 67.2 Å². The van der Waals surface area contributed by atoms with E-state index in [1.807, 2.05) is 0 Å². The summed E-state index contributed by atoms with van der Waals surface area (Å²) < 4.78 is 2.66. The van der Waals surface area contributed by atoms with Crippen molar-refractivity contribution in [3.63, 3.8) is 0 Å². The molecule has 0 fully saturated rings. The van der Waals surface area contributed by atoms with Gasteiger partial charge in [0, 0.05) is 30.2 Å². The standard InChI is InChI=1S/C36H25N4/c37-19-38-18-36-32-27(38)11-4-12-28(32)40-26-10-2-1-6-20(26)14-25-17-24-16-22-8-3-7-21-15-23-9-5-13-39(36)34(23)31(29(21)22)30(24)33(36)35(25)40/h1-13,17,19,31,37H,14-16,18H2/q+1. The van der Waals surface area contributed by atoms with Gasteiger partial charge in [-0.2, -0.15) is 4.57 Å². The molecule has 4 aromatic carbocycles. The molecule has 0 saturated carbocycles. The zero-order valence-electron chi connectivity index (χ0n) is 21.9. The van der Waals surface area contributed by atoms with Crippen molar-refractivity contribution in [3.05, 3.63) is 146 Å². The van der Waals surface area contributed by atoms with E-state index in [-0.39, 0.29) is 11.5 Å². The minimum absolute atomic E-state index is 0.257. The van der Waals surface area contributed by atoms with Gasteiger partial charge in [-0.05, 0) is 69.6 Å². The molecule has 0 radical (unpaired) electrons. The third-order valence-electron chi connectivity index (χ3n) is 10.7. The van der Waals surface area contributed by atoms with Crippen LogP contribution in [0.2, 0.25) is 0 Å². The molecule has 4 nitrogen and oxygen atoms in total. The van der Waals surface area contributed by atoms with E-state index < -0.39 is 0 Å². The largest absolute Gasteiger partial charge is 0.325 e. The van der Waals surface area contributed by atoms with Crippen molar-refractivity contribution >= 4 is 29.1 Å². The van der Waals surface area contributed by atoms with Crippen LogP contribution in [-0.4, -0.2) is 12.9 Å². The Hall–Kier alpha value is -4.70. The lowest BCUT2D eigenvalue weighted by atomic mass is 9.60. The van der Waals surface area contributed by atoms with Gasteiger partial charge in [-0.1, -0.05) is 48.5 Å². The van der Waals surface area contributed by atoms with Gasteiger partial charge < -0.3 is 9.80 Å². The highest BCUT2D eigenvalue weighted by molar-refractivity contribution is 5.98. The van der Waals surface area contributed by atoms with Crippen LogP contribution in [0.3, 0.4) is 0 Å². The number of nitrogens with one attached hydrogen (secondary N) is 1. The lowest BCUT2D eigenvalue weighted by Gasteiger charge is -2.49. The van der Waals surface area contributed by atoms with Crippen molar-refractivity contribution in [1.82, 2.24) is 0 Å². The van der Waals surface area contributed by atoms with E-state index in [1.165, 1.54) is 67.3 Å². The van der Waals surface area contributed by atoms with E-state index in [4.69, 9.17) is 5.41 Å². The molecular formula is C36H25N4+. The summed E-state index contributed by atoms with van der Waals surface area (Å²) in [6.45, 7) is 0.754. The second-order valence-electron chi connectivity index (χ2n) is 12.3. The number of fused-ring (bicyclic) bond motifs is 3. The van der Waals surface area contributed by atoms with Crippen molar-refractivity contribution in [2.45, 2.75) is 30.7 Å². The minimum atomic E-state index is -0.368. The molecule has 5 heterocycles. The second-order valence-corrected chi connectivity index (χ2v) is 12.3. The molecule has 4 heteroatoms. The molecule has 1 aromatic heterocycles. The van der Waals surface area contributed by atoms with Crippen molar-refractivity contribution in [1.29, 1.82) is 5.41 Å². The van der Waals surface area contributed by atoms with Crippen LogP contribution >= 0.6 is 0 Å². The van der Waals surface area contributed by atoms with Crippen LogP contribution in [0, 0.1) is 5.41 Å². The van der Waals surface area contributed by atoms with E-state index >= 15 is 0 Å². The summed E-state index contributed by atoms with van der Waals surface area (Å²) in [5, 5.41) is 8.51. The highest BCUT2D eigenvalue weighted by Crippen LogP contribution is 2.65. The first-order valence-corrected chi connectivity index (χ1v) is 14.4. The zero-order valence-corrected chi connectivity index (χ0v) is 21.9. The van der Waals surface area contributed by atoms with Crippen LogP contribution in [0.4, 0.5) is 22.7 Å². The Balaban J connectivity index is 1.39. The van der Waals surface area contributed by atoms with Crippen LogP contribution in [-0.2, 0) is 24.8 Å². The van der Waals surface area contributed by atoms with E-state index in [1.54, 1.807) is 17.5 Å². The fraction of sp³-hybridized carbons (Fsp3) is 0.167. The van der Waals surface area contributed by atoms with Gasteiger partial charge in [0.2, 0.25) is 5.54 Å². The molecule has 0 bridgehead atoms. The first-order chi connectivity index (χ1) is 19.8. The molecule has 1 spiro atoms. The Bertz CT molecular complexity index is 2070. The smallest absolute Gasteiger partial charge is 0.242 e. The number of para-hydroxylation sites is 1. The van der Waals surface area contributed by atoms with Gasteiger partial charge in [-0.15, -0.1) is 0 Å². The maximum absolute atomic E-state index is 8.51. The van der Waals surface area contributed by atoms with E-state index in [0.717, 1.165) is 31.5 Å². The molecule has 2 atom stereocenters. The molecule has 11 rings (SSSR count). The summed E-state index contributed by atoms with van der Waals surface area (Å²) in [6, 6.07) is 29.9.